The van der Waals surface area contributed by atoms with Gasteiger partial charge in [-0.1, -0.05) is 0 Å². The molecule has 1 aliphatic rings. The molecule has 1 N–H and O–H groups in total. The van der Waals surface area contributed by atoms with Crippen LogP contribution in [-0.4, -0.2) is 35.7 Å². The van der Waals surface area contributed by atoms with Crippen LogP contribution in [0.2, 0.25) is 0 Å². The molecule has 0 radical (unpaired) electrons. The van der Waals surface area contributed by atoms with Crippen LogP contribution in [0.4, 0.5) is 19.1 Å². The molecule has 0 spiro atoms. The molecular formula is C14H16Br2ClF3N4. The molecule has 4 nitrogen and oxygen atoms in total. The average Bonchev–Trinajstić information content (AvgIpc) is 2.85. The molecule has 1 fully saturated rings. The number of imidazole rings is 1. The first-order chi connectivity index (χ1) is 10.8. The van der Waals surface area contributed by atoms with Gasteiger partial charge in [0, 0.05) is 41.7 Å². The molecule has 1 aromatic carbocycles. The summed E-state index contributed by atoms with van der Waals surface area (Å²) < 4.78 is 42.8. The molecule has 0 unspecified atom stereocenters. The van der Waals surface area contributed by atoms with Gasteiger partial charge in [-0.2, -0.15) is 13.2 Å². The number of halogens is 6. The molecule has 1 aliphatic heterocycles. The third kappa shape index (κ3) is 3.40. The first-order valence-electron chi connectivity index (χ1n) is 7.25. The lowest BCUT2D eigenvalue weighted by Crippen LogP contribution is -2.44. The van der Waals surface area contributed by atoms with Crippen LogP contribution in [0.5, 0.6) is 0 Å². The molecule has 2 heterocycles. The minimum Gasteiger partial charge on any atom is -0.340 e. The molecule has 3 rings (SSSR count). The fraction of sp³-hybridized carbons (Fsp3) is 0.500. The Morgan fingerprint density at radius 3 is 2.42 bits per heavy atom. The number of nitrogens with one attached hydrogen (secondary N) is 1. The molecular weight excluding hydrogens is 476 g/mol. The van der Waals surface area contributed by atoms with Gasteiger partial charge in [0.25, 0.3) is 0 Å². The van der Waals surface area contributed by atoms with Crippen molar-refractivity contribution in [2.24, 2.45) is 0 Å². The van der Waals surface area contributed by atoms with Gasteiger partial charge >= 0.3 is 6.18 Å². The van der Waals surface area contributed by atoms with E-state index in [9.17, 15) is 13.2 Å². The quantitative estimate of drug-likeness (QED) is 0.674. The molecule has 0 bridgehead atoms. The number of aromatic nitrogens is 2. The van der Waals surface area contributed by atoms with Crippen LogP contribution in [0.3, 0.4) is 0 Å². The van der Waals surface area contributed by atoms with Crippen molar-refractivity contribution in [2.75, 3.05) is 31.1 Å². The van der Waals surface area contributed by atoms with Gasteiger partial charge in [0.1, 0.15) is 5.52 Å². The van der Waals surface area contributed by atoms with Gasteiger partial charge in [0.05, 0.1) is 11.1 Å². The molecule has 0 saturated carbocycles. The number of piperazine rings is 1. The molecule has 1 saturated heterocycles. The lowest BCUT2D eigenvalue weighted by atomic mass is 10.2. The molecule has 134 valence electrons. The van der Waals surface area contributed by atoms with Crippen molar-refractivity contribution in [2.45, 2.75) is 19.6 Å². The number of hydrogen-bond donors (Lipinski definition) is 1. The number of rotatable bonds is 2. The third-order valence-electron chi connectivity index (χ3n) is 3.92. The summed E-state index contributed by atoms with van der Waals surface area (Å²) in [6.45, 7) is 5.52. The van der Waals surface area contributed by atoms with Crippen LogP contribution in [-0.2, 0) is 12.7 Å². The van der Waals surface area contributed by atoms with Crippen LogP contribution in [0.1, 0.15) is 12.5 Å². The Morgan fingerprint density at radius 2 is 1.88 bits per heavy atom. The lowest BCUT2D eigenvalue weighted by Gasteiger charge is -2.28. The predicted octanol–water partition coefficient (Wildman–Crippen LogP) is 4.43. The summed E-state index contributed by atoms with van der Waals surface area (Å²) in [5, 5.41) is 3.24. The zero-order valence-electron chi connectivity index (χ0n) is 12.8. The van der Waals surface area contributed by atoms with Crippen LogP contribution >= 0.6 is 44.3 Å². The van der Waals surface area contributed by atoms with Crippen molar-refractivity contribution in [1.29, 1.82) is 0 Å². The fourth-order valence-electron chi connectivity index (χ4n) is 2.87. The Hall–Kier alpha value is -0.510. The number of anilines is 1. The summed E-state index contributed by atoms with van der Waals surface area (Å²) in [6, 6.07) is 1.69. The topological polar surface area (TPSA) is 33.1 Å². The van der Waals surface area contributed by atoms with Crippen LogP contribution in [0.25, 0.3) is 11.0 Å². The first-order valence-corrected chi connectivity index (χ1v) is 8.84. The first kappa shape index (κ1) is 19.8. The molecule has 0 aliphatic carbocycles. The fourth-order valence-corrected chi connectivity index (χ4v) is 3.81. The van der Waals surface area contributed by atoms with Gasteiger partial charge in [0.2, 0.25) is 5.95 Å². The number of nitrogens with zero attached hydrogens (tertiary/aromatic N) is 3. The van der Waals surface area contributed by atoms with E-state index >= 15 is 0 Å². The van der Waals surface area contributed by atoms with E-state index in [0.717, 1.165) is 26.2 Å². The monoisotopic (exact) mass is 490 g/mol. The Kier molecular flexibility index (Phi) is 6.10. The Bertz CT molecular complexity index is 742. The second kappa shape index (κ2) is 7.39. The zero-order valence-corrected chi connectivity index (χ0v) is 16.7. The zero-order chi connectivity index (χ0) is 16.8. The molecule has 0 atom stereocenters. The highest BCUT2D eigenvalue weighted by Crippen LogP contribution is 2.44. The van der Waals surface area contributed by atoms with Crippen LogP contribution < -0.4 is 10.2 Å². The van der Waals surface area contributed by atoms with Crippen molar-refractivity contribution < 1.29 is 13.2 Å². The summed E-state index contributed by atoms with van der Waals surface area (Å²) in [5.41, 5.74) is -0.253. The van der Waals surface area contributed by atoms with Gasteiger partial charge in [-0.25, -0.2) is 4.98 Å². The highest BCUT2D eigenvalue weighted by molar-refractivity contribution is 9.13. The van der Waals surface area contributed by atoms with Crippen molar-refractivity contribution in [3.63, 3.8) is 0 Å². The van der Waals surface area contributed by atoms with E-state index in [1.165, 1.54) is 0 Å². The number of fused-ring (bicyclic) bond motifs is 1. The van der Waals surface area contributed by atoms with Crippen molar-refractivity contribution in [3.05, 3.63) is 20.6 Å². The van der Waals surface area contributed by atoms with Crippen LogP contribution in [0.15, 0.2) is 15.0 Å². The van der Waals surface area contributed by atoms with Gasteiger partial charge in [-0.15, -0.1) is 12.4 Å². The molecule has 10 heteroatoms. The largest absolute Gasteiger partial charge is 0.419 e. The molecule has 0 amide bonds. The smallest absolute Gasteiger partial charge is 0.340 e. The number of alkyl halides is 3. The molecule has 1 aromatic heterocycles. The predicted molar refractivity (Wildman–Crippen MR) is 98.1 cm³/mol. The second-order valence-electron chi connectivity index (χ2n) is 5.31. The van der Waals surface area contributed by atoms with Gasteiger partial charge in [-0.05, 0) is 44.8 Å². The van der Waals surface area contributed by atoms with E-state index in [2.05, 4.69) is 42.2 Å². The van der Waals surface area contributed by atoms with Crippen molar-refractivity contribution >= 4 is 61.2 Å². The van der Waals surface area contributed by atoms with Gasteiger partial charge in [-0.3, -0.25) is 0 Å². The van der Waals surface area contributed by atoms with Crippen molar-refractivity contribution in [3.8, 4) is 0 Å². The minimum atomic E-state index is -4.48. The van der Waals surface area contributed by atoms with E-state index in [4.69, 9.17) is 0 Å². The number of benzene rings is 1. The highest BCUT2D eigenvalue weighted by atomic mass is 79.9. The van der Waals surface area contributed by atoms with Crippen molar-refractivity contribution in [1.82, 2.24) is 14.9 Å². The second-order valence-corrected chi connectivity index (χ2v) is 6.95. The van der Waals surface area contributed by atoms with Crippen LogP contribution in [0, 0.1) is 0 Å². The van der Waals surface area contributed by atoms with Gasteiger partial charge < -0.3 is 14.8 Å². The average molecular weight is 493 g/mol. The Morgan fingerprint density at radius 1 is 1.25 bits per heavy atom. The minimum absolute atomic E-state index is 0. The standard InChI is InChI=1S/C14H15Br2F3N4.ClH/c1-2-23-9-7-8(15)11(16)10(14(17,18)19)12(9)21-13(23)22-5-3-20-4-6-22;/h7,20H,2-6H2,1H3;1H. The Labute approximate surface area is 160 Å². The summed E-state index contributed by atoms with van der Waals surface area (Å²) >= 11 is 6.27. The summed E-state index contributed by atoms with van der Waals surface area (Å²) in [4.78, 5) is 6.40. The summed E-state index contributed by atoms with van der Waals surface area (Å²) in [6.07, 6.45) is -4.48. The highest BCUT2D eigenvalue weighted by Gasteiger charge is 2.38. The maximum atomic E-state index is 13.5. The summed E-state index contributed by atoms with van der Waals surface area (Å²) in [5.74, 6) is 0.597. The lowest BCUT2D eigenvalue weighted by molar-refractivity contribution is -0.137. The maximum Gasteiger partial charge on any atom is 0.419 e. The number of aryl methyl sites for hydroxylation is 1. The van der Waals surface area contributed by atoms with E-state index in [1.54, 1.807) is 6.07 Å². The van der Waals surface area contributed by atoms with E-state index < -0.39 is 11.7 Å². The molecule has 2 aromatic rings. The molecule has 24 heavy (non-hydrogen) atoms. The Balaban J connectivity index is 0.00000208. The van der Waals surface area contributed by atoms with E-state index in [1.807, 2.05) is 16.4 Å². The SMILES string of the molecule is CCn1c(N2CCNCC2)nc2c(C(F)(F)F)c(Br)c(Br)cc21.Cl. The third-order valence-corrected chi connectivity index (χ3v) is 5.90. The van der Waals surface area contributed by atoms with E-state index in [0.29, 0.717) is 22.5 Å². The summed E-state index contributed by atoms with van der Waals surface area (Å²) in [7, 11) is 0. The normalized spacial score (nSPS) is 15.7. The van der Waals surface area contributed by atoms with E-state index in [-0.39, 0.29) is 22.4 Å². The van der Waals surface area contributed by atoms with Gasteiger partial charge in [0.15, 0.2) is 0 Å². The maximum absolute atomic E-state index is 13.5. The number of hydrogen-bond acceptors (Lipinski definition) is 3.